The molecular weight excluding hydrogens is 381 g/mol. The van der Waals surface area contributed by atoms with Crippen LogP contribution in [0.25, 0.3) is 0 Å². The van der Waals surface area contributed by atoms with Crippen LogP contribution in [0.1, 0.15) is 36.6 Å². The summed E-state index contributed by atoms with van der Waals surface area (Å²) in [5, 5.41) is 12.4. The first-order chi connectivity index (χ1) is 13.6. The van der Waals surface area contributed by atoms with Gasteiger partial charge in [0.1, 0.15) is 6.61 Å². The molecule has 2 aromatic rings. The molecule has 0 spiro atoms. The third-order valence-corrected chi connectivity index (χ3v) is 5.80. The summed E-state index contributed by atoms with van der Waals surface area (Å²) >= 11 is 0. The highest BCUT2D eigenvalue weighted by Crippen LogP contribution is 2.41. The van der Waals surface area contributed by atoms with Crippen LogP contribution in [0.3, 0.4) is 0 Å². The lowest BCUT2D eigenvalue weighted by Crippen LogP contribution is -2.41. The predicted molar refractivity (Wildman–Crippen MR) is 106 cm³/mol. The fourth-order valence-electron chi connectivity index (χ4n) is 4.07. The summed E-state index contributed by atoms with van der Waals surface area (Å²) in [6.45, 7) is 3.33. The number of carbonyl (C=O) groups is 1. The number of amides is 1. The van der Waals surface area contributed by atoms with E-state index in [9.17, 15) is 18.0 Å². The molecule has 156 valence electrons. The molecule has 3 rings (SSSR count). The Bertz CT molecular complexity index is 878. The number of rotatable bonds is 5. The van der Waals surface area contributed by atoms with E-state index in [4.69, 9.17) is 5.11 Å². The van der Waals surface area contributed by atoms with Gasteiger partial charge in [-0.15, -0.1) is 0 Å². The predicted octanol–water partition coefficient (Wildman–Crippen LogP) is 4.06. The molecule has 2 N–H and O–H groups in total. The SMILES string of the molecule is CN(C(=O)CO)[C@@H](c1ccc(NC2Cc3ccccc3C2(C)C)cc1)C(F)(F)F. The van der Waals surface area contributed by atoms with Crippen molar-refractivity contribution >= 4 is 11.6 Å². The molecular formula is C22H25F3N2O2. The van der Waals surface area contributed by atoms with Crippen LogP contribution in [0, 0.1) is 0 Å². The highest BCUT2D eigenvalue weighted by Gasteiger charge is 2.45. The molecule has 0 saturated carbocycles. The lowest BCUT2D eigenvalue weighted by molar-refractivity contribution is -0.189. The highest BCUT2D eigenvalue weighted by molar-refractivity contribution is 5.77. The minimum absolute atomic E-state index is 0.0543. The van der Waals surface area contributed by atoms with Crippen LogP contribution in [0.15, 0.2) is 48.5 Å². The number of nitrogens with one attached hydrogen (secondary N) is 1. The van der Waals surface area contributed by atoms with Crippen LogP contribution in [-0.4, -0.2) is 41.8 Å². The molecule has 0 radical (unpaired) electrons. The fraction of sp³-hybridized carbons (Fsp3) is 0.409. The minimum Gasteiger partial charge on any atom is -0.387 e. The standard InChI is InChI=1S/C22H25F3N2O2/c1-21(2)17-7-5-4-6-15(17)12-18(21)26-16-10-8-14(9-11-16)20(22(23,24)25)27(3)19(29)13-28/h4-11,18,20,26,28H,12-13H2,1-3H3/t18?,20-/m0/s1. The van der Waals surface area contributed by atoms with Crippen molar-refractivity contribution in [1.29, 1.82) is 0 Å². The van der Waals surface area contributed by atoms with Crippen LogP contribution in [0.4, 0.5) is 18.9 Å². The number of carbonyl (C=O) groups excluding carboxylic acids is 1. The number of hydrogen-bond donors (Lipinski definition) is 2. The quantitative estimate of drug-likeness (QED) is 0.788. The number of aliphatic hydroxyl groups excluding tert-OH is 1. The van der Waals surface area contributed by atoms with E-state index >= 15 is 0 Å². The van der Waals surface area contributed by atoms with Gasteiger partial charge in [-0.2, -0.15) is 13.2 Å². The van der Waals surface area contributed by atoms with Crippen LogP contribution in [0.5, 0.6) is 0 Å². The number of fused-ring (bicyclic) bond motifs is 1. The van der Waals surface area contributed by atoms with Gasteiger partial charge in [0, 0.05) is 24.2 Å². The zero-order valence-corrected chi connectivity index (χ0v) is 16.6. The smallest absolute Gasteiger partial charge is 0.387 e. The van der Waals surface area contributed by atoms with E-state index in [0.717, 1.165) is 19.2 Å². The van der Waals surface area contributed by atoms with Crippen molar-refractivity contribution in [2.24, 2.45) is 0 Å². The van der Waals surface area contributed by atoms with Gasteiger partial charge in [0.25, 0.3) is 0 Å². The number of anilines is 1. The van der Waals surface area contributed by atoms with Gasteiger partial charge in [-0.05, 0) is 35.2 Å². The third kappa shape index (κ3) is 4.10. The largest absolute Gasteiger partial charge is 0.413 e. The second-order valence-electron chi connectivity index (χ2n) is 8.01. The lowest BCUT2D eigenvalue weighted by Gasteiger charge is -2.31. The van der Waals surface area contributed by atoms with E-state index in [1.165, 1.54) is 23.3 Å². The van der Waals surface area contributed by atoms with Crippen LogP contribution >= 0.6 is 0 Å². The van der Waals surface area contributed by atoms with Gasteiger partial charge in [-0.25, -0.2) is 0 Å². The molecule has 1 aliphatic rings. The molecule has 0 aromatic heterocycles. The zero-order chi connectivity index (χ0) is 21.4. The molecule has 7 heteroatoms. The second-order valence-corrected chi connectivity index (χ2v) is 8.01. The van der Waals surface area contributed by atoms with Crippen molar-refractivity contribution in [3.8, 4) is 0 Å². The summed E-state index contributed by atoms with van der Waals surface area (Å²) in [7, 11) is 1.04. The summed E-state index contributed by atoms with van der Waals surface area (Å²) in [5.74, 6) is -0.986. The lowest BCUT2D eigenvalue weighted by atomic mass is 9.83. The normalized spacial score (nSPS) is 18.8. The molecule has 0 fully saturated rings. The molecule has 1 aliphatic carbocycles. The number of alkyl halides is 3. The van der Waals surface area contributed by atoms with Gasteiger partial charge in [0.2, 0.25) is 5.91 Å². The Morgan fingerprint density at radius 2 is 1.83 bits per heavy atom. The van der Waals surface area contributed by atoms with Crippen molar-refractivity contribution in [3.05, 3.63) is 65.2 Å². The van der Waals surface area contributed by atoms with Gasteiger partial charge in [-0.3, -0.25) is 4.79 Å². The highest BCUT2D eigenvalue weighted by atomic mass is 19.4. The van der Waals surface area contributed by atoms with E-state index in [0.29, 0.717) is 4.90 Å². The van der Waals surface area contributed by atoms with Crippen molar-refractivity contribution in [2.45, 2.75) is 43.9 Å². The first-order valence-electron chi connectivity index (χ1n) is 9.44. The number of likely N-dealkylation sites (N-methyl/N-ethyl adjacent to an activating group) is 1. The molecule has 1 amide bonds. The number of halogens is 3. The molecule has 0 bridgehead atoms. The first kappa shape index (κ1) is 21.2. The van der Waals surface area contributed by atoms with E-state index in [1.54, 1.807) is 12.1 Å². The Kier molecular flexibility index (Phi) is 5.63. The van der Waals surface area contributed by atoms with Gasteiger partial charge < -0.3 is 15.3 Å². The molecule has 4 nitrogen and oxygen atoms in total. The Labute approximate surface area is 168 Å². The maximum Gasteiger partial charge on any atom is 0.413 e. The number of hydrogen-bond acceptors (Lipinski definition) is 3. The first-order valence-corrected chi connectivity index (χ1v) is 9.44. The Balaban J connectivity index is 1.80. The zero-order valence-electron chi connectivity index (χ0n) is 16.6. The van der Waals surface area contributed by atoms with Crippen molar-refractivity contribution in [1.82, 2.24) is 4.90 Å². The van der Waals surface area contributed by atoms with Gasteiger partial charge in [0.15, 0.2) is 6.04 Å². The topological polar surface area (TPSA) is 52.6 Å². The molecule has 2 atom stereocenters. The number of aliphatic hydroxyl groups is 1. The minimum atomic E-state index is -4.65. The van der Waals surface area contributed by atoms with E-state index < -0.39 is 24.7 Å². The fourth-order valence-corrected chi connectivity index (χ4v) is 4.07. The number of nitrogens with zero attached hydrogens (tertiary/aromatic N) is 1. The Morgan fingerprint density at radius 1 is 1.21 bits per heavy atom. The maximum atomic E-state index is 13.5. The Morgan fingerprint density at radius 3 is 2.38 bits per heavy atom. The molecule has 29 heavy (non-hydrogen) atoms. The van der Waals surface area contributed by atoms with Gasteiger partial charge >= 0.3 is 6.18 Å². The van der Waals surface area contributed by atoms with Crippen molar-refractivity contribution in [2.75, 3.05) is 19.0 Å². The average Bonchev–Trinajstić information content (AvgIpc) is 2.92. The summed E-state index contributed by atoms with van der Waals surface area (Å²) in [6, 6.07) is 12.2. The summed E-state index contributed by atoms with van der Waals surface area (Å²) < 4.78 is 40.6. The molecule has 0 saturated heterocycles. The second kappa shape index (κ2) is 7.71. The van der Waals surface area contributed by atoms with Crippen molar-refractivity contribution < 1.29 is 23.1 Å². The molecule has 0 heterocycles. The third-order valence-electron chi connectivity index (χ3n) is 5.80. The van der Waals surface area contributed by atoms with Crippen LogP contribution < -0.4 is 5.32 Å². The van der Waals surface area contributed by atoms with Gasteiger partial charge in [-0.1, -0.05) is 50.2 Å². The summed E-state index contributed by atoms with van der Waals surface area (Å²) in [5.41, 5.74) is 3.10. The molecule has 1 unspecified atom stereocenters. The summed E-state index contributed by atoms with van der Waals surface area (Å²) in [6.07, 6.45) is -3.81. The van der Waals surface area contributed by atoms with E-state index in [1.807, 2.05) is 12.1 Å². The van der Waals surface area contributed by atoms with Crippen molar-refractivity contribution in [3.63, 3.8) is 0 Å². The average molecular weight is 406 g/mol. The van der Waals surface area contributed by atoms with Gasteiger partial charge in [0.05, 0.1) is 0 Å². The Hall–Kier alpha value is -2.54. The van der Waals surface area contributed by atoms with Crippen LogP contribution in [0.2, 0.25) is 0 Å². The number of benzene rings is 2. The monoisotopic (exact) mass is 406 g/mol. The molecule has 0 aliphatic heterocycles. The van der Waals surface area contributed by atoms with E-state index in [-0.39, 0.29) is 17.0 Å². The van der Waals surface area contributed by atoms with Crippen LogP contribution in [-0.2, 0) is 16.6 Å². The molecule has 2 aromatic carbocycles. The van der Waals surface area contributed by atoms with E-state index in [2.05, 4.69) is 31.3 Å². The summed E-state index contributed by atoms with van der Waals surface area (Å²) in [4.78, 5) is 12.1. The maximum absolute atomic E-state index is 13.5.